The Morgan fingerprint density at radius 2 is 2.00 bits per heavy atom. The molecule has 2 aliphatic rings. The van der Waals surface area contributed by atoms with Gasteiger partial charge in [-0.3, -0.25) is 0 Å². The third-order valence-electron chi connectivity index (χ3n) is 4.75. The second kappa shape index (κ2) is 5.13. The Hall–Kier alpha value is -1.36. The van der Waals surface area contributed by atoms with Gasteiger partial charge >= 0.3 is 0 Å². The fourth-order valence-electron chi connectivity index (χ4n) is 3.67. The molecule has 4 nitrogen and oxygen atoms in total. The molecule has 0 aromatic heterocycles. The van der Waals surface area contributed by atoms with Crippen LogP contribution >= 0.6 is 0 Å². The van der Waals surface area contributed by atoms with Crippen LogP contribution in [0.4, 0.5) is 0 Å². The van der Waals surface area contributed by atoms with Gasteiger partial charge in [0.05, 0.1) is 4.90 Å². The second-order valence-electron chi connectivity index (χ2n) is 6.89. The van der Waals surface area contributed by atoms with Crippen LogP contribution in [0, 0.1) is 18.3 Å². The number of hydrazone groups is 1. The summed E-state index contributed by atoms with van der Waals surface area (Å²) in [6.45, 7) is 4.22. The van der Waals surface area contributed by atoms with Crippen LogP contribution < -0.4 is 4.83 Å². The van der Waals surface area contributed by atoms with Crippen LogP contribution in [0.3, 0.4) is 0 Å². The fraction of sp³-hybridized carbons (Fsp3) is 0.562. The maximum absolute atomic E-state index is 12.2. The molecule has 1 aromatic rings. The van der Waals surface area contributed by atoms with E-state index < -0.39 is 10.0 Å². The SMILES string of the molecule is Cc1ccc(S(=O)(=O)N/N=C2/C[C@H]3CC[C@](C)(C2)C3)cc1. The lowest BCUT2D eigenvalue weighted by Crippen LogP contribution is -2.27. The zero-order valence-electron chi connectivity index (χ0n) is 12.6. The molecule has 2 atom stereocenters. The van der Waals surface area contributed by atoms with E-state index in [0.717, 1.165) is 24.1 Å². The maximum Gasteiger partial charge on any atom is 0.276 e. The summed E-state index contributed by atoms with van der Waals surface area (Å²) in [5, 5.41) is 4.22. The highest BCUT2D eigenvalue weighted by Crippen LogP contribution is 2.49. The van der Waals surface area contributed by atoms with E-state index in [0.29, 0.717) is 11.3 Å². The van der Waals surface area contributed by atoms with Crippen LogP contribution in [-0.4, -0.2) is 14.1 Å². The number of benzene rings is 1. The summed E-state index contributed by atoms with van der Waals surface area (Å²) in [7, 11) is -3.55. The number of nitrogens with zero attached hydrogens (tertiary/aromatic N) is 1. The molecule has 2 aliphatic carbocycles. The van der Waals surface area contributed by atoms with Gasteiger partial charge in [-0.2, -0.15) is 13.5 Å². The Morgan fingerprint density at radius 3 is 2.67 bits per heavy atom. The summed E-state index contributed by atoms with van der Waals surface area (Å²) in [5.41, 5.74) is 2.37. The summed E-state index contributed by atoms with van der Waals surface area (Å²) < 4.78 is 24.5. The average molecular weight is 306 g/mol. The summed E-state index contributed by atoms with van der Waals surface area (Å²) in [6, 6.07) is 6.82. The predicted molar refractivity (Wildman–Crippen MR) is 83.6 cm³/mol. The monoisotopic (exact) mass is 306 g/mol. The molecule has 114 valence electrons. The van der Waals surface area contributed by atoms with Crippen molar-refractivity contribution in [3.05, 3.63) is 29.8 Å². The number of sulfonamides is 1. The Morgan fingerprint density at radius 1 is 1.29 bits per heavy atom. The molecular weight excluding hydrogens is 284 g/mol. The first-order chi connectivity index (χ1) is 9.86. The van der Waals surface area contributed by atoms with E-state index >= 15 is 0 Å². The minimum Gasteiger partial charge on any atom is -0.200 e. The summed E-state index contributed by atoms with van der Waals surface area (Å²) >= 11 is 0. The van der Waals surface area contributed by atoms with E-state index in [4.69, 9.17) is 0 Å². The molecule has 0 saturated heterocycles. The van der Waals surface area contributed by atoms with Gasteiger partial charge in [-0.05, 0) is 62.5 Å². The van der Waals surface area contributed by atoms with Crippen molar-refractivity contribution >= 4 is 15.7 Å². The number of nitrogens with one attached hydrogen (secondary N) is 1. The standard InChI is InChI=1S/C16H22N2O2S/c1-12-3-5-15(6-4-12)21(19,20)18-17-14-9-13-7-8-16(2,10-13)11-14/h3-6,13,18H,7-11H2,1-2H3/b17-14-/t13-,16+/m1/s1. The first-order valence-electron chi connectivity index (χ1n) is 7.50. The van der Waals surface area contributed by atoms with Crippen LogP contribution in [0.2, 0.25) is 0 Å². The maximum atomic E-state index is 12.2. The molecule has 2 bridgehead atoms. The first-order valence-corrected chi connectivity index (χ1v) is 8.99. The zero-order chi connectivity index (χ0) is 15.1. The smallest absolute Gasteiger partial charge is 0.200 e. The van der Waals surface area contributed by atoms with Crippen LogP contribution in [-0.2, 0) is 10.0 Å². The molecule has 0 radical (unpaired) electrons. The van der Waals surface area contributed by atoms with Crippen molar-refractivity contribution in [1.29, 1.82) is 0 Å². The van der Waals surface area contributed by atoms with Crippen molar-refractivity contribution in [2.75, 3.05) is 0 Å². The summed E-state index contributed by atoms with van der Waals surface area (Å²) in [5.74, 6) is 0.686. The van der Waals surface area contributed by atoms with Gasteiger partial charge in [-0.1, -0.05) is 24.6 Å². The minimum atomic E-state index is -3.55. The van der Waals surface area contributed by atoms with E-state index in [1.54, 1.807) is 24.3 Å². The molecule has 1 N–H and O–H groups in total. The lowest BCUT2D eigenvalue weighted by Gasteiger charge is -2.29. The second-order valence-corrected chi connectivity index (χ2v) is 8.55. The Balaban J connectivity index is 1.74. The molecule has 2 fully saturated rings. The van der Waals surface area contributed by atoms with Gasteiger partial charge in [0.15, 0.2) is 0 Å². The number of hydrogen-bond acceptors (Lipinski definition) is 3. The molecule has 3 rings (SSSR count). The zero-order valence-corrected chi connectivity index (χ0v) is 13.4. The van der Waals surface area contributed by atoms with Crippen LogP contribution in [0.1, 0.15) is 44.6 Å². The highest BCUT2D eigenvalue weighted by atomic mass is 32.2. The molecular formula is C16H22N2O2S. The van der Waals surface area contributed by atoms with Gasteiger partial charge in [-0.15, -0.1) is 0 Å². The van der Waals surface area contributed by atoms with Gasteiger partial charge in [0, 0.05) is 5.71 Å². The molecule has 0 spiro atoms. The van der Waals surface area contributed by atoms with E-state index in [2.05, 4.69) is 16.9 Å². The van der Waals surface area contributed by atoms with Gasteiger partial charge in [0.2, 0.25) is 0 Å². The fourth-order valence-corrected chi connectivity index (χ4v) is 4.52. The van der Waals surface area contributed by atoms with Gasteiger partial charge in [0.25, 0.3) is 10.0 Å². The lowest BCUT2D eigenvalue weighted by molar-refractivity contribution is 0.314. The van der Waals surface area contributed by atoms with Crippen LogP contribution in [0.25, 0.3) is 0 Å². The molecule has 0 aliphatic heterocycles. The molecule has 1 aromatic carbocycles. The van der Waals surface area contributed by atoms with Crippen molar-refractivity contribution in [2.45, 2.75) is 50.8 Å². The predicted octanol–water partition coefficient (Wildman–Crippen LogP) is 3.23. The van der Waals surface area contributed by atoms with Gasteiger partial charge < -0.3 is 0 Å². The van der Waals surface area contributed by atoms with Crippen LogP contribution in [0.15, 0.2) is 34.3 Å². The third kappa shape index (κ3) is 3.12. The van der Waals surface area contributed by atoms with Crippen molar-refractivity contribution in [2.24, 2.45) is 16.4 Å². The summed E-state index contributed by atoms with van der Waals surface area (Å²) in [6.07, 6.45) is 5.60. The van der Waals surface area contributed by atoms with E-state index in [1.165, 1.54) is 19.3 Å². The summed E-state index contributed by atoms with van der Waals surface area (Å²) in [4.78, 5) is 2.68. The van der Waals surface area contributed by atoms with Gasteiger partial charge in [0.1, 0.15) is 0 Å². The molecule has 0 unspecified atom stereocenters. The molecule has 0 heterocycles. The molecule has 21 heavy (non-hydrogen) atoms. The number of fused-ring (bicyclic) bond motifs is 2. The van der Waals surface area contributed by atoms with Crippen molar-refractivity contribution in [3.63, 3.8) is 0 Å². The van der Waals surface area contributed by atoms with E-state index in [-0.39, 0.29) is 4.90 Å². The highest BCUT2D eigenvalue weighted by Gasteiger charge is 2.40. The highest BCUT2D eigenvalue weighted by molar-refractivity contribution is 7.89. The lowest BCUT2D eigenvalue weighted by atomic mass is 9.76. The Bertz CT molecular complexity index is 664. The minimum absolute atomic E-state index is 0.266. The van der Waals surface area contributed by atoms with E-state index in [1.807, 2.05) is 6.92 Å². The van der Waals surface area contributed by atoms with Crippen molar-refractivity contribution in [3.8, 4) is 0 Å². The normalized spacial score (nSPS) is 30.6. The van der Waals surface area contributed by atoms with Crippen molar-refractivity contribution in [1.82, 2.24) is 4.83 Å². The van der Waals surface area contributed by atoms with E-state index in [9.17, 15) is 8.42 Å². The number of rotatable bonds is 3. The van der Waals surface area contributed by atoms with Gasteiger partial charge in [-0.25, -0.2) is 4.83 Å². The third-order valence-corrected chi connectivity index (χ3v) is 5.97. The first kappa shape index (κ1) is 14.6. The largest absolute Gasteiger partial charge is 0.276 e. The Kier molecular flexibility index (Phi) is 3.56. The molecule has 0 amide bonds. The van der Waals surface area contributed by atoms with Crippen molar-refractivity contribution < 1.29 is 8.42 Å². The topological polar surface area (TPSA) is 58.5 Å². The van der Waals surface area contributed by atoms with Crippen LogP contribution in [0.5, 0.6) is 0 Å². The molecule has 2 saturated carbocycles. The molecule has 5 heteroatoms. The Labute approximate surface area is 126 Å². The number of aryl methyl sites for hydroxylation is 1. The average Bonchev–Trinajstić information content (AvgIpc) is 2.70. The quantitative estimate of drug-likeness (QED) is 0.872. The number of hydrogen-bond donors (Lipinski definition) is 1.